The monoisotopic (exact) mass is 492 g/mol. The summed E-state index contributed by atoms with van der Waals surface area (Å²) in [5.74, 6) is 1.90. The molecule has 3 aromatic carbocycles. The van der Waals surface area contributed by atoms with Crippen LogP contribution in [0, 0.1) is 0 Å². The Hall–Kier alpha value is -2.84. The molecular formula is C26H32N6S2. The van der Waals surface area contributed by atoms with Gasteiger partial charge in [-0.2, -0.15) is 10.2 Å². The fourth-order valence-electron chi connectivity index (χ4n) is 3.46. The van der Waals surface area contributed by atoms with E-state index in [1.165, 1.54) is 23.5 Å². The van der Waals surface area contributed by atoms with Crippen molar-refractivity contribution in [2.45, 2.75) is 39.5 Å². The van der Waals surface area contributed by atoms with Crippen molar-refractivity contribution in [3.8, 4) is 0 Å². The summed E-state index contributed by atoms with van der Waals surface area (Å²) in [7, 11) is 0. The normalized spacial score (nSPS) is 13.1. The SMILES string of the molecule is CCCCSC(N)=NN=Cc1c2ccccc2c(C=NN=C(N)SCCCC)c2ccccc12. The van der Waals surface area contributed by atoms with Crippen LogP contribution in [-0.2, 0) is 0 Å². The summed E-state index contributed by atoms with van der Waals surface area (Å²) < 4.78 is 0. The molecule has 0 radical (unpaired) electrons. The molecule has 0 saturated carbocycles. The quantitative estimate of drug-likeness (QED) is 0.113. The van der Waals surface area contributed by atoms with Crippen molar-refractivity contribution in [1.29, 1.82) is 0 Å². The maximum absolute atomic E-state index is 6.00. The second-order valence-electron chi connectivity index (χ2n) is 7.69. The lowest BCUT2D eigenvalue weighted by molar-refractivity contribution is 0.898. The van der Waals surface area contributed by atoms with Crippen molar-refractivity contribution >= 4 is 67.8 Å². The first-order valence-corrected chi connectivity index (χ1v) is 13.5. The largest absolute Gasteiger partial charge is 0.377 e. The number of nitrogens with zero attached hydrogens (tertiary/aromatic N) is 4. The molecule has 0 unspecified atom stereocenters. The molecule has 0 aliphatic heterocycles. The highest BCUT2D eigenvalue weighted by atomic mass is 32.2. The highest BCUT2D eigenvalue weighted by Gasteiger charge is 2.11. The van der Waals surface area contributed by atoms with Crippen molar-refractivity contribution in [2.75, 3.05) is 11.5 Å². The minimum atomic E-state index is 0.481. The van der Waals surface area contributed by atoms with Gasteiger partial charge in [0, 0.05) is 22.6 Å². The van der Waals surface area contributed by atoms with Gasteiger partial charge < -0.3 is 11.5 Å². The van der Waals surface area contributed by atoms with Gasteiger partial charge in [0.15, 0.2) is 10.3 Å². The summed E-state index contributed by atoms with van der Waals surface area (Å²) in [6, 6.07) is 16.4. The minimum absolute atomic E-state index is 0.481. The highest BCUT2D eigenvalue weighted by Crippen LogP contribution is 2.31. The fraction of sp³-hybridized carbons (Fsp3) is 0.308. The smallest absolute Gasteiger partial charge is 0.180 e. The number of thioether (sulfide) groups is 2. The van der Waals surface area contributed by atoms with E-state index in [4.69, 9.17) is 11.5 Å². The Balaban J connectivity index is 2.00. The number of hydrogen-bond donors (Lipinski definition) is 2. The third kappa shape index (κ3) is 7.08. The Labute approximate surface area is 210 Å². The predicted molar refractivity (Wildman–Crippen MR) is 155 cm³/mol. The van der Waals surface area contributed by atoms with Gasteiger partial charge in [-0.25, -0.2) is 0 Å². The summed E-state index contributed by atoms with van der Waals surface area (Å²) in [6.07, 6.45) is 8.06. The van der Waals surface area contributed by atoms with Gasteiger partial charge in [0.25, 0.3) is 0 Å². The molecule has 6 nitrogen and oxygen atoms in total. The van der Waals surface area contributed by atoms with Gasteiger partial charge in [-0.1, -0.05) is 98.7 Å². The second-order valence-corrected chi connectivity index (χ2v) is 9.92. The lowest BCUT2D eigenvalue weighted by Crippen LogP contribution is -2.06. The molecule has 3 aromatic rings. The van der Waals surface area contributed by atoms with E-state index >= 15 is 0 Å². The zero-order valence-electron chi connectivity index (χ0n) is 19.8. The standard InChI is InChI=1S/C26H32N6S2/c1-3-5-15-33-25(27)31-29-17-23-19-11-7-9-13-21(19)24(22-14-10-8-12-20(22)23)18-30-32-26(28)34-16-6-4-2/h7-14,17-18H,3-6,15-16H2,1-2H3,(H2,27,31)(H2,28,32). The number of unbranched alkanes of at least 4 members (excludes halogenated alkanes) is 2. The van der Waals surface area contributed by atoms with E-state index in [0.717, 1.165) is 69.9 Å². The number of rotatable bonds is 10. The first kappa shape index (κ1) is 25.8. The van der Waals surface area contributed by atoms with Crippen molar-refractivity contribution in [2.24, 2.45) is 31.9 Å². The molecule has 3 rings (SSSR count). The lowest BCUT2D eigenvalue weighted by atomic mass is 9.92. The van der Waals surface area contributed by atoms with E-state index < -0.39 is 0 Å². The Bertz CT molecular complexity index is 1070. The molecule has 178 valence electrons. The number of hydrogen-bond acceptors (Lipinski definition) is 6. The molecule has 0 aliphatic carbocycles. The van der Waals surface area contributed by atoms with Gasteiger partial charge in [-0.05, 0) is 34.4 Å². The zero-order chi connectivity index (χ0) is 24.2. The third-order valence-corrected chi connectivity index (χ3v) is 6.94. The van der Waals surface area contributed by atoms with Crippen LogP contribution in [0.15, 0.2) is 68.9 Å². The molecular weight excluding hydrogens is 460 g/mol. The van der Waals surface area contributed by atoms with Gasteiger partial charge in [0.2, 0.25) is 0 Å². The van der Waals surface area contributed by atoms with Crippen molar-refractivity contribution in [3.05, 3.63) is 59.7 Å². The van der Waals surface area contributed by atoms with E-state index in [2.05, 4.69) is 58.5 Å². The number of amidine groups is 2. The number of nitrogens with two attached hydrogens (primary N) is 2. The zero-order valence-corrected chi connectivity index (χ0v) is 21.4. The van der Waals surface area contributed by atoms with Crippen LogP contribution in [0.25, 0.3) is 21.5 Å². The molecule has 0 spiro atoms. The molecule has 0 heterocycles. The molecule has 34 heavy (non-hydrogen) atoms. The first-order chi connectivity index (χ1) is 16.7. The fourth-order valence-corrected chi connectivity index (χ4v) is 4.95. The van der Waals surface area contributed by atoms with Crippen molar-refractivity contribution in [1.82, 2.24) is 0 Å². The summed E-state index contributed by atoms with van der Waals surface area (Å²) in [5.41, 5.74) is 14.0. The van der Waals surface area contributed by atoms with Crippen molar-refractivity contribution in [3.63, 3.8) is 0 Å². The highest BCUT2D eigenvalue weighted by molar-refractivity contribution is 8.14. The molecule has 0 aliphatic rings. The van der Waals surface area contributed by atoms with Gasteiger partial charge in [-0.3, -0.25) is 0 Å². The Morgan fingerprint density at radius 2 is 1.03 bits per heavy atom. The Morgan fingerprint density at radius 1 is 0.676 bits per heavy atom. The molecule has 0 aromatic heterocycles. The van der Waals surface area contributed by atoms with Gasteiger partial charge in [0.1, 0.15) is 0 Å². The average Bonchev–Trinajstić information content (AvgIpc) is 2.85. The van der Waals surface area contributed by atoms with Crippen LogP contribution >= 0.6 is 23.5 Å². The molecule has 4 N–H and O–H groups in total. The first-order valence-electron chi connectivity index (χ1n) is 11.6. The molecule has 8 heteroatoms. The summed E-state index contributed by atoms with van der Waals surface area (Å²) >= 11 is 3.07. The molecule has 0 bridgehead atoms. The summed E-state index contributed by atoms with van der Waals surface area (Å²) in [6.45, 7) is 4.31. The topological polar surface area (TPSA) is 101 Å². The maximum atomic E-state index is 6.00. The van der Waals surface area contributed by atoms with E-state index in [1.54, 1.807) is 12.4 Å². The van der Waals surface area contributed by atoms with Crippen LogP contribution in [0.5, 0.6) is 0 Å². The van der Waals surface area contributed by atoms with Crippen LogP contribution < -0.4 is 11.5 Å². The van der Waals surface area contributed by atoms with Gasteiger partial charge in [0.05, 0.1) is 12.4 Å². The van der Waals surface area contributed by atoms with Gasteiger partial charge >= 0.3 is 0 Å². The average molecular weight is 493 g/mol. The Morgan fingerprint density at radius 3 is 1.35 bits per heavy atom. The molecule has 0 atom stereocenters. The Kier molecular flexibility index (Phi) is 10.4. The number of fused-ring (bicyclic) bond motifs is 2. The van der Waals surface area contributed by atoms with Crippen molar-refractivity contribution < 1.29 is 0 Å². The van der Waals surface area contributed by atoms with E-state index in [1.807, 2.05) is 24.3 Å². The van der Waals surface area contributed by atoms with E-state index in [0.29, 0.717) is 10.3 Å². The van der Waals surface area contributed by atoms with Crippen LogP contribution in [0.2, 0.25) is 0 Å². The van der Waals surface area contributed by atoms with Crippen LogP contribution in [0.1, 0.15) is 50.7 Å². The third-order valence-electron chi connectivity index (χ3n) is 5.20. The lowest BCUT2D eigenvalue weighted by Gasteiger charge is -2.11. The van der Waals surface area contributed by atoms with Crippen LogP contribution in [-0.4, -0.2) is 34.3 Å². The van der Waals surface area contributed by atoms with E-state index in [-0.39, 0.29) is 0 Å². The maximum Gasteiger partial charge on any atom is 0.180 e. The molecule has 0 amide bonds. The van der Waals surface area contributed by atoms with Gasteiger partial charge in [-0.15, -0.1) is 10.2 Å². The minimum Gasteiger partial charge on any atom is -0.377 e. The predicted octanol–water partition coefficient (Wildman–Crippen LogP) is 6.36. The van der Waals surface area contributed by atoms with E-state index in [9.17, 15) is 0 Å². The van der Waals surface area contributed by atoms with Crippen LogP contribution in [0.3, 0.4) is 0 Å². The second kappa shape index (κ2) is 13.8. The summed E-state index contributed by atoms with van der Waals surface area (Å²) in [5, 5.41) is 22.2. The molecule has 0 saturated heterocycles. The molecule has 0 fully saturated rings. The summed E-state index contributed by atoms with van der Waals surface area (Å²) in [4.78, 5) is 0. The number of benzene rings is 3. The van der Waals surface area contributed by atoms with Crippen LogP contribution in [0.4, 0.5) is 0 Å².